The number of nitro groups is 4. The van der Waals surface area contributed by atoms with Crippen molar-refractivity contribution in [1.29, 1.82) is 0 Å². The fourth-order valence-electron chi connectivity index (χ4n) is 12.3. The maximum Gasteiger partial charge on any atom is 0.325 e. The molecule has 0 aromatic heterocycles. The lowest BCUT2D eigenvalue weighted by Gasteiger charge is -2.35. The summed E-state index contributed by atoms with van der Waals surface area (Å²) in [6.07, 6.45) is -2.08. The molecule has 0 heterocycles. The van der Waals surface area contributed by atoms with Crippen molar-refractivity contribution >= 4 is 107 Å². The third-order valence-electron chi connectivity index (χ3n) is 19.6. The first-order chi connectivity index (χ1) is 56.1. The number of benzene rings is 5. The van der Waals surface area contributed by atoms with Gasteiger partial charge in [0.25, 0.3) is 22.7 Å². The van der Waals surface area contributed by atoms with Crippen LogP contribution >= 0.6 is 15.2 Å². The maximum atomic E-state index is 15.1. The summed E-state index contributed by atoms with van der Waals surface area (Å²) in [5.74, 6) is -10.9. The van der Waals surface area contributed by atoms with Crippen molar-refractivity contribution in [3.8, 4) is 0 Å². The van der Waals surface area contributed by atoms with Crippen molar-refractivity contribution in [2.75, 3.05) is 123 Å². The number of carbonyl (C=O) groups excluding carboxylic acids is 10. The molecular weight excluding hydrogens is 1630 g/mol. The van der Waals surface area contributed by atoms with Gasteiger partial charge in [-0.15, -0.1) is 0 Å². The van der Waals surface area contributed by atoms with Crippen LogP contribution in [0.2, 0.25) is 0 Å². The summed E-state index contributed by atoms with van der Waals surface area (Å²) in [5, 5.41) is 54.9. The summed E-state index contributed by atoms with van der Waals surface area (Å²) >= 11 is 0. The number of rotatable bonds is 50. The molecule has 9 N–H and O–H groups in total. The molecule has 0 bridgehead atoms. The monoisotopic (exact) mass is 1740 g/mol. The van der Waals surface area contributed by atoms with Gasteiger partial charge in [-0.3, -0.25) is 97.5 Å². The molecule has 5 aromatic rings. The quantitative estimate of drug-likeness (QED) is 0.0125. The molecule has 0 saturated heterocycles. The lowest BCUT2D eigenvalue weighted by atomic mass is 10.1. The van der Waals surface area contributed by atoms with E-state index in [0.29, 0.717) is 5.56 Å². The Bertz CT molecular complexity index is 4660. The number of unbranched alkanes of at least 4 members (excludes halogenated alkanes) is 1. The van der Waals surface area contributed by atoms with Crippen LogP contribution in [-0.4, -0.2) is 274 Å². The van der Waals surface area contributed by atoms with E-state index in [1.54, 1.807) is 51.1 Å². The van der Waals surface area contributed by atoms with Crippen LogP contribution in [0.3, 0.4) is 0 Å². The van der Waals surface area contributed by atoms with Gasteiger partial charge >= 0.3 is 15.2 Å². The van der Waals surface area contributed by atoms with Crippen LogP contribution in [-0.2, 0) is 73.5 Å². The minimum absolute atomic E-state index is 0.0678. The van der Waals surface area contributed by atoms with Crippen LogP contribution < -0.4 is 16.2 Å². The van der Waals surface area contributed by atoms with Crippen LogP contribution in [0.4, 0.5) is 22.7 Å². The van der Waals surface area contributed by atoms with Gasteiger partial charge < -0.3 is 74.7 Å². The average Bonchev–Trinajstić information content (AvgIpc) is 0.833. The SMILES string of the molecule is CC(C)CCN(CC(=O)N(CCS(N)(=O)=O)CC(=O)N(CC(N)=O)[C@@H](C)c1ccc([N+](=O)[O-])cc1)C(=O)CN(CCCP(=O)(O)O)C(=O)CN(C(=O)CN(C)C(=O)CN(CCCCP(=O)(O)O)C(=O)CN(C(=O)CN(CCc1ccccc1)C(=O)CN[C@@H](C)c1ccc([N+](=O)[O-])cc1)[C@@H](C)c1ccc([N+](=O)[O-])cc1)[C@@H](C)c1ccc([N+](=O)[O-])cc1. The number of hydrogen-bond acceptors (Lipinski definition) is 23. The van der Waals surface area contributed by atoms with Crippen molar-refractivity contribution in [3.63, 3.8) is 0 Å². The lowest BCUT2D eigenvalue weighted by molar-refractivity contribution is -0.385. The molecule has 45 heteroatoms. The molecule has 0 aliphatic rings. The molecule has 0 aliphatic carbocycles. The van der Waals surface area contributed by atoms with Gasteiger partial charge in [0.2, 0.25) is 69.1 Å². The van der Waals surface area contributed by atoms with Gasteiger partial charge in [0.1, 0.15) is 13.1 Å². The Balaban J connectivity index is 1.51. The summed E-state index contributed by atoms with van der Waals surface area (Å²) in [4.78, 5) is 238. The van der Waals surface area contributed by atoms with Crippen molar-refractivity contribution < 1.29 is 105 Å². The minimum atomic E-state index is -4.85. The number of hydrogen-bond donors (Lipinski definition) is 7. The van der Waals surface area contributed by atoms with E-state index in [1.165, 1.54) is 86.3 Å². The lowest BCUT2D eigenvalue weighted by Crippen LogP contribution is -2.53. The number of likely N-dealkylation sites (N-methyl/N-ethyl adjacent to an activating group) is 1. The summed E-state index contributed by atoms with van der Waals surface area (Å²) in [5.41, 5.74) is 6.31. The van der Waals surface area contributed by atoms with Gasteiger partial charge in [-0.2, -0.15) is 0 Å². The molecule has 654 valence electrons. The Hall–Kier alpha value is -11.4. The standard InChI is InChI=1S/C75H102N16O26P2S/c1-52(2)32-36-83(47-70(96)84(38-41-120(77,116)117)49-74(100)85(43-66(76)92)54(4)59-18-26-63(27-19-59)89(104)105)69(95)46-81(35-13-40-119(113,114)115)72(98)50-86(55(5)60-20-28-64(29-21-60)90(106)107)73(99)44-79(7)68(94)45-80(34-11-12-39-118(110,111)112)71(97)51-87(56(6)61-22-30-65(31-23-61)91(108)109)75(101)48-82(37-33-57-14-9-8-10-15-57)67(93)42-78-53(3)58-16-24-62(25-17-58)88(102)103/h8-10,14-31,52-56,78H,11-13,32-51H2,1-7H3,(H2,76,92)(H2,77,116,117)(H2,110,111,112)(H2,113,114,115)/t53-,54-,55-,56-/m0/s1. The first-order valence-electron chi connectivity index (χ1n) is 37.8. The number of amides is 10. The second-order valence-corrected chi connectivity index (χ2v) is 34.3. The number of primary sulfonamides is 1. The Morgan fingerprint density at radius 3 is 1.13 bits per heavy atom. The Labute approximate surface area is 691 Å². The molecule has 0 spiro atoms. The number of nitrogens with zero attached hydrogens (tertiary/aromatic N) is 13. The highest BCUT2D eigenvalue weighted by Gasteiger charge is 2.36. The summed E-state index contributed by atoms with van der Waals surface area (Å²) in [7, 11) is -12.8. The normalized spacial score (nSPS) is 12.5. The molecular formula is C75H102N16O26P2S. The third-order valence-corrected chi connectivity index (χ3v) is 22.1. The van der Waals surface area contributed by atoms with E-state index in [0.717, 1.165) is 88.2 Å². The van der Waals surface area contributed by atoms with Crippen LogP contribution in [0.5, 0.6) is 0 Å². The zero-order valence-corrected chi connectivity index (χ0v) is 69.9. The van der Waals surface area contributed by atoms with Crippen LogP contribution in [0.25, 0.3) is 0 Å². The maximum absolute atomic E-state index is 15.1. The zero-order valence-electron chi connectivity index (χ0n) is 67.3. The number of sulfonamides is 1. The predicted molar refractivity (Wildman–Crippen MR) is 434 cm³/mol. The van der Waals surface area contributed by atoms with E-state index in [2.05, 4.69) is 5.32 Å². The highest BCUT2D eigenvalue weighted by atomic mass is 32.2. The van der Waals surface area contributed by atoms with Gasteiger partial charge in [-0.05, 0) is 93.5 Å². The highest BCUT2D eigenvalue weighted by Crippen LogP contribution is 2.36. The van der Waals surface area contributed by atoms with Gasteiger partial charge in [-0.25, -0.2) is 13.6 Å². The third kappa shape index (κ3) is 33.4. The topological polar surface area (TPSA) is 586 Å². The van der Waals surface area contributed by atoms with Crippen molar-refractivity contribution in [2.45, 2.75) is 97.8 Å². The molecule has 0 fully saturated rings. The number of primary amides is 1. The van der Waals surface area contributed by atoms with E-state index in [4.69, 9.17) is 10.9 Å². The smallest absolute Gasteiger partial charge is 0.325 e. The first-order valence-corrected chi connectivity index (χ1v) is 43.1. The molecule has 0 saturated carbocycles. The second kappa shape index (κ2) is 46.2. The fourth-order valence-corrected chi connectivity index (χ4v) is 14.0. The van der Waals surface area contributed by atoms with E-state index in [9.17, 15) is 106 Å². The summed E-state index contributed by atoms with van der Waals surface area (Å²) in [6, 6.07) is 24.9. The zero-order chi connectivity index (χ0) is 89.7. The highest BCUT2D eigenvalue weighted by molar-refractivity contribution is 7.89. The van der Waals surface area contributed by atoms with Crippen molar-refractivity contribution in [2.24, 2.45) is 16.8 Å². The van der Waals surface area contributed by atoms with Gasteiger partial charge in [0, 0.05) is 101 Å². The molecule has 120 heavy (non-hydrogen) atoms. The Morgan fingerprint density at radius 2 is 0.750 bits per heavy atom. The first kappa shape index (κ1) is 99.1. The molecule has 4 atom stereocenters. The number of nitrogens with one attached hydrogen (secondary N) is 1. The molecule has 5 rings (SSSR count). The summed E-state index contributed by atoms with van der Waals surface area (Å²) in [6.45, 7) is -1.24. The molecule has 0 radical (unpaired) electrons. The van der Waals surface area contributed by atoms with E-state index >= 15 is 19.2 Å². The number of carbonyl (C=O) groups is 10. The fraction of sp³-hybridized carbons (Fsp3) is 0.467. The second-order valence-electron chi connectivity index (χ2n) is 29.0. The van der Waals surface area contributed by atoms with Crippen LogP contribution in [0.15, 0.2) is 127 Å². The minimum Gasteiger partial charge on any atom is -0.368 e. The predicted octanol–water partition coefficient (Wildman–Crippen LogP) is 3.93. The Kier molecular flexibility index (Phi) is 38.2. The van der Waals surface area contributed by atoms with E-state index in [-0.39, 0.29) is 85.0 Å². The van der Waals surface area contributed by atoms with E-state index < -0.39 is 237 Å². The number of nitro benzene ring substituents is 4. The summed E-state index contributed by atoms with van der Waals surface area (Å²) < 4.78 is 49.3. The largest absolute Gasteiger partial charge is 0.368 e. The van der Waals surface area contributed by atoms with Crippen molar-refractivity contribution in [1.82, 2.24) is 49.4 Å². The van der Waals surface area contributed by atoms with Crippen molar-refractivity contribution in [3.05, 3.63) is 196 Å². The Morgan fingerprint density at radius 1 is 0.417 bits per heavy atom. The van der Waals surface area contributed by atoms with Crippen LogP contribution in [0.1, 0.15) is 119 Å². The molecule has 42 nitrogen and oxygen atoms in total. The molecule has 0 aliphatic heterocycles. The van der Waals surface area contributed by atoms with Crippen LogP contribution in [0, 0.1) is 46.4 Å². The molecule has 0 unspecified atom stereocenters. The van der Waals surface area contributed by atoms with E-state index in [1.807, 2.05) is 0 Å². The number of non-ortho nitro benzene ring substituents is 4. The van der Waals surface area contributed by atoms with Gasteiger partial charge in [0.15, 0.2) is 0 Å². The molecule has 5 aromatic carbocycles. The van der Waals surface area contributed by atoms with Gasteiger partial charge in [-0.1, -0.05) is 92.7 Å². The average molecular weight is 1740 g/mol. The molecule has 10 amide bonds. The van der Waals surface area contributed by atoms with Gasteiger partial charge in [0.05, 0.1) is 102 Å². The number of nitrogens with two attached hydrogens (primary N) is 2.